The lowest BCUT2D eigenvalue weighted by molar-refractivity contribution is 0.153. The number of fused-ring (bicyclic) bond motifs is 4. The first kappa shape index (κ1) is 8.40. The third-order valence-corrected chi connectivity index (χ3v) is 2.68. The normalized spacial score (nSPS) is 27.1. The highest BCUT2D eigenvalue weighted by Crippen LogP contribution is 2.38. The van der Waals surface area contributed by atoms with E-state index in [2.05, 4.69) is 10.3 Å². The van der Waals surface area contributed by atoms with Crippen LogP contribution in [0.2, 0.25) is 0 Å². The van der Waals surface area contributed by atoms with E-state index in [9.17, 15) is 5.11 Å². The fraction of sp³-hybridized carbons (Fsp3) is 0.300. The Morgan fingerprint density at radius 1 is 1.53 bits per heavy atom. The summed E-state index contributed by atoms with van der Waals surface area (Å²) >= 11 is 0. The molecular formula is C10H11N3O2. The average Bonchev–Trinajstić information content (AvgIpc) is 2.15. The van der Waals surface area contributed by atoms with Crippen molar-refractivity contribution in [3.8, 4) is 11.5 Å². The van der Waals surface area contributed by atoms with Crippen LogP contribution in [-0.2, 0) is 0 Å². The van der Waals surface area contributed by atoms with Gasteiger partial charge in [0.15, 0.2) is 12.2 Å². The molecule has 0 radical (unpaired) electrons. The molecule has 0 aromatic heterocycles. The molecule has 2 heterocycles. The number of aromatic hydroxyl groups is 1. The summed E-state index contributed by atoms with van der Waals surface area (Å²) in [7, 11) is 0. The molecule has 1 aromatic carbocycles. The second-order valence-corrected chi connectivity index (χ2v) is 3.74. The number of hydrogen-bond donors (Lipinski definition) is 3. The molecule has 3 rings (SSSR count). The minimum atomic E-state index is -0.231. The molecule has 5 nitrogen and oxygen atoms in total. The third kappa shape index (κ3) is 1.27. The number of nitrogens with two attached hydrogens (primary N) is 1. The summed E-state index contributed by atoms with van der Waals surface area (Å²) in [5, 5.41) is 12.4. The number of nitrogens with one attached hydrogen (secondary N) is 1. The molecule has 1 aromatic rings. The predicted octanol–water partition coefficient (Wildman–Crippen LogP) is 0.460. The molecular weight excluding hydrogens is 194 g/mol. The van der Waals surface area contributed by atoms with Crippen molar-refractivity contribution in [2.45, 2.75) is 18.7 Å². The second kappa shape index (κ2) is 2.79. The molecule has 2 unspecified atom stereocenters. The summed E-state index contributed by atoms with van der Waals surface area (Å²) in [6.45, 7) is 0. The first-order valence-corrected chi connectivity index (χ1v) is 4.82. The van der Waals surface area contributed by atoms with E-state index in [0.717, 1.165) is 12.0 Å². The van der Waals surface area contributed by atoms with Crippen molar-refractivity contribution < 1.29 is 9.84 Å². The maximum atomic E-state index is 9.34. The van der Waals surface area contributed by atoms with Crippen LogP contribution in [0.15, 0.2) is 23.2 Å². The van der Waals surface area contributed by atoms with Crippen LogP contribution in [-0.4, -0.2) is 17.3 Å². The molecule has 0 saturated carbocycles. The van der Waals surface area contributed by atoms with Crippen LogP contribution in [0.1, 0.15) is 18.0 Å². The lowest BCUT2D eigenvalue weighted by Gasteiger charge is -2.34. The number of benzene rings is 1. The Morgan fingerprint density at radius 2 is 2.40 bits per heavy atom. The van der Waals surface area contributed by atoms with Crippen LogP contribution in [0.4, 0.5) is 0 Å². The third-order valence-electron chi connectivity index (χ3n) is 2.68. The van der Waals surface area contributed by atoms with E-state index < -0.39 is 0 Å². The number of aliphatic imine (C=N–C) groups is 1. The van der Waals surface area contributed by atoms with Gasteiger partial charge in [-0.25, -0.2) is 4.99 Å². The number of guanidine groups is 1. The Kier molecular flexibility index (Phi) is 1.56. The van der Waals surface area contributed by atoms with Crippen molar-refractivity contribution in [1.29, 1.82) is 0 Å². The number of ether oxygens (including phenoxy) is 1. The van der Waals surface area contributed by atoms with Crippen LogP contribution in [0.5, 0.6) is 11.5 Å². The summed E-state index contributed by atoms with van der Waals surface area (Å²) in [4.78, 5) is 4.11. The predicted molar refractivity (Wildman–Crippen MR) is 54.6 cm³/mol. The number of nitrogens with zero attached hydrogens (tertiary/aromatic N) is 1. The van der Waals surface area contributed by atoms with Crippen LogP contribution < -0.4 is 15.8 Å². The highest BCUT2D eigenvalue weighted by Gasteiger charge is 2.31. The van der Waals surface area contributed by atoms with Gasteiger partial charge in [0.25, 0.3) is 0 Å². The van der Waals surface area contributed by atoms with Crippen molar-refractivity contribution in [3.63, 3.8) is 0 Å². The zero-order chi connectivity index (χ0) is 10.4. The molecule has 15 heavy (non-hydrogen) atoms. The topological polar surface area (TPSA) is 79.9 Å². The van der Waals surface area contributed by atoms with E-state index in [0.29, 0.717) is 11.7 Å². The molecule has 78 valence electrons. The molecule has 0 amide bonds. The lowest BCUT2D eigenvalue weighted by atomic mass is 9.98. The number of phenols is 1. The summed E-state index contributed by atoms with van der Waals surface area (Å²) in [6, 6.07) is 5.23. The van der Waals surface area contributed by atoms with Gasteiger partial charge >= 0.3 is 0 Å². The van der Waals surface area contributed by atoms with Gasteiger partial charge in [-0.1, -0.05) is 0 Å². The maximum absolute atomic E-state index is 9.34. The first-order valence-electron chi connectivity index (χ1n) is 4.82. The zero-order valence-electron chi connectivity index (χ0n) is 7.97. The monoisotopic (exact) mass is 205 g/mol. The fourth-order valence-corrected chi connectivity index (χ4v) is 2.02. The summed E-state index contributed by atoms with van der Waals surface area (Å²) in [6.07, 6.45) is 0.545. The van der Waals surface area contributed by atoms with Crippen molar-refractivity contribution in [2.75, 3.05) is 0 Å². The van der Waals surface area contributed by atoms with E-state index in [4.69, 9.17) is 10.5 Å². The molecule has 2 atom stereocenters. The van der Waals surface area contributed by atoms with E-state index >= 15 is 0 Å². The molecule has 0 aliphatic carbocycles. The highest BCUT2D eigenvalue weighted by atomic mass is 16.5. The van der Waals surface area contributed by atoms with Crippen molar-refractivity contribution in [3.05, 3.63) is 23.8 Å². The molecule has 0 fully saturated rings. The number of rotatable bonds is 0. The maximum Gasteiger partial charge on any atom is 0.195 e. The number of phenolic OH excluding ortho intramolecular Hbond substituents is 1. The lowest BCUT2D eigenvalue weighted by Crippen LogP contribution is -2.45. The molecule has 0 spiro atoms. The van der Waals surface area contributed by atoms with E-state index in [1.807, 2.05) is 6.07 Å². The second-order valence-electron chi connectivity index (χ2n) is 3.74. The van der Waals surface area contributed by atoms with Gasteiger partial charge in [-0.2, -0.15) is 0 Å². The van der Waals surface area contributed by atoms with E-state index in [1.54, 1.807) is 12.1 Å². The molecule has 4 N–H and O–H groups in total. The van der Waals surface area contributed by atoms with Gasteiger partial charge in [0, 0.05) is 18.1 Å². The van der Waals surface area contributed by atoms with Gasteiger partial charge in [-0.05, 0) is 12.1 Å². The van der Waals surface area contributed by atoms with Crippen LogP contribution in [0.25, 0.3) is 0 Å². The first-order chi connectivity index (χ1) is 7.22. The van der Waals surface area contributed by atoms with Crippen molar-refractivity contribution in [1.82, 2.24) is 5.32 Å². The Bertz CT molecular complexity index is 444. The minimum Gasteiger partial charge on any atom is -0.508 e. The molecule has 0 saturated heterocycles. The van der Waals surface area contributed by atoms with Gasteiger partial charge in [0.2, 0.25) is 0 Å². The average molecular weight is 205 g/mol. The van der Waals surface area contributed by atoms with Crippen LogP contribution in [0.3, 0.4) is 0 Å². The van der Waals surface area contributed by atoms with Crippen molar-refractivity contribution in [2.24, 2.45) is 10.7 Å². The van der Waals surface area contributed by atoms with Gasteiger partial charge in [0.1, 0.15) is 11.5 Å². The van der Waals surface area contributed by atoms with Crippen molar-refractivity contribution >= 4 is 5.96 Å². The smallest absolute Gasteiger partial charge is 0.195 e. The highest BCUT2D eigenvalue weighted by molar-refractivity contribution is 5.79. The number of hydrogen-bond acceptors (Lipinski definition) is 5. The molecule has 2 bridgehead atoms. The molecule has 2 aliphatic heterocycles. The Labute approximate surface area is 86.6 Å². The van der Waals surface area contributed by atoms with E-state index in [1.165, 1.54) is 0 Å². The Balaban J connectivity index is 2.07. The van der Waals surface area contributed by atoms with Gasteiger partial charge < -0.3 is 20.9 Å². The fourth-order valence-electron chi connectivity index (χ4n) is 2.02. The Hall–Kier alpha value is -1.91. The quantitative estimate of drug-likeness (QED) is 0.575. The summed E-state index contributed by atoms with van der Waals surface area (Å²) in [5.41, 5.74) is 6.64. The zero-order valence-corrected chi connectivity index (χ0v) is 7.97. The SMILES string of the molecule is NC1=NC2CC(N1)c1ccc(O)cc1O2. The van der Waals surface area contributed by atoms with Crippen LogP contribution >= 0.6 is 0 Å². The van der Waals surface area contributed by atoms with E-state index in [-0.39, 0.29) is 18.0 Å². The Morgan fingerprint density at radius 3 is 3.27 bits per heavy atom. The summed E-state index contributed by atoms with van der Waals surface area (Å²) in [5.74, 6) is 1.29. The van der Waals surface area contributed by atoms with Gasteiger partial charge in [0.05, 0.1) is 6.04 Å². The summed E-state index contributed by atoms with van der Waals surface area (Å²) < 4.78 is 5.59. The molecule has 5 heteroatoms. The van der Waals surface area contributed by atoms with Gasteiger partial charge in [-0.15, -0.1) is 0 Å². The minimum absolute atomic E-state index is 0.136. The standard InChI is InChI=1S/C10H11N3O2/c11-10-12-7-4-9(13-10)15-8-3-5(14)1-2-6(7)8/h1-3,7,9,14H,4H2,(H3,11,12,13). The van der Waals surface area contributed by atoms with Crippen LogP contribution in [0, 0.1) is 0 Å². The van der Waals surface area contributed by atoms with Gasteiger partial charge in [-0.3, -0.25) is 0 Å². The largest absolute Gasteiger partial charge is 0.508 e. The molecule has 2 aliphatic rings.